The number of halogens is 2. The molecule has 4 aromatic carbocycles. The van der Waals surface area contributed by atoms with E-state index in [1.54, 1.807) is 54.6 Å². The zero-order valence-corrected chi connectivity index (χ0v) is 25.9. The number of hydrogen-bond acceptors (Lipinski definition) is 6. The van der Waals surface area contributed by atoms with E-state index >= 15 is 0 Å². The quantitative estimate of drug-likeness (QED) is 0.116. The Morgan fingerprint density at radius 1 is 1.00 bits per heavy atom. The highest BCUT2D eigenvalue weighted by molar-refractivity contribution is 14.1. The number of anilines is 1. The highest BCUT2D eigenvalue weighted by Crippen LogP contribution is 2.37. The molecule has 0 spiro atoms. The van der Waals surface area contributed by atoms with E-state index in [0.717, 1.165) is 13.4 Å². The van der Waals surface area contributed by atoms with Crippen LogP contribution in [0, 0.1) is 3.57 Å². The minimum Gasteiger partial charge on any atom is -0.493 e. The highest BCUT2D eigenvalue weighted by Gasteiger charge is 2.27. The minimum atomic E-state index is -4.00. The Hall–Kier alpha value is -3.42. The molecule has 0 heterocycles. The average molecular weight is 734 g/mol. The number of methoxy groups -OCH3 is 1. The molecule has 0 saturated heterocycles. The fourth-order valence-corrected chi connectivity index (χ4v) is 6.05. The van der Waals surface area contributed by atoms with Crippen LogP contribution in [0.3, 0.4) is 0 Å². The van der Waals surface area contributed by atoms with E-state index in [1.807, 2.05) is 30.3 Å². The second-order valence-corrected chi connectivity index (χ2v) is 12.4. The van der Waals surface area contributed by atoms with Crippen LogP contribution in [-0.2, 0) is 21.4 Å². The van der Waals surface area contributed by atoms with Gasteiger partial charge in [-0.3, -0.25) is 9.10 Å². The molecule has 0 atom stereocenters. The normalized spacial score (nSPS) is 11.3. The second kappa shape index (κ2) is 13.8. The van der Waals surface area contributed by atoms with Crippen molar-refractivity contribution in [2.45, 2.75) is 11.5 Å². The van der Waals surface area contributed by atoms with Crippen LogP contribution in [-0.4, -0.2) is 34.2 Å². The van der Waals surface area contributed by atoms with E-state index < -0.39 is 22.5 Å². The third-order valence-corrected chi connectivity index (χ3v) is 8.71. The molecular weight excluding hydrogens is 709 g/mol. The lowest BCUT2D eigenvalue weighted by atomic mass is 10.2. The second-order valence-electron chi connectivity index (χ2n) is 8.40. The van der Waals surface area contributed by atoms with Crippen molar-refractivity contribution in [2.75, 3.05) is 18.0 Å². The summed E-state index contributed by atoms with van der Waals surface area (Å²) in [4.78, 5) is 12.9. The van der Waals surface area contributed by atoms with Crippen LogP contribution < -0.4 is 19.2 Å². The van der Waals surface area contributed by atoms with Crippen LogP contribution >= 0.6 is 38.5 Å². The van der Waals surface area contributed by atoms with Gasteiger partial charge in [-0.25, -0.2) is 13.8 Å². The van der Waals surface area contributed by atoms with E-state index in [0.29, 0.717) is 33.8 Å². The van der Waals surface area contributed by atoms with Gasteiger partial charge in [-0.2, -0.15) is 5.10 Å². The number of benzene rings is 4. The molecule has 1 N–H and O–H groups in total. The first-order valence-corrected chi connectivity index (χ1v) is 15.3. The Morgan fingerprint density at radius 2 is 1.65 bits per heavy atom. The van der Waals surface area contributed by atoms with E-state index in [1.165, 1.54) is 25.5 Å². The number of hydrogen-bond donors (Lipinski definition) is 1. The summed E-state index contributed by atoms with van der Waals surface area (Å²) in [5.41, 5.74) is 4.42. The van der Waals surface area contributed by atoms with Crippen molar-refractivity contribution >= 4 is 66.4 Å². The third kappa shape index (κ3) is 7.61. The number of ether oxygens (including phenoxy) is 2. The van der Waals surface area contributed by atoms with Crippen molar-refractivity contribution in [1.29, 1.82) is 0 Å². The van der Waals surface area contributed by atoms with Crippen LogP contribution in [0.1, 0.15) is 11.1 Å². The van der Waals surface area contributed by atoms with Crippen LogP contribution in [0.15, 0.2) is 112 Å². The smallest absolute Gasteiger partial charge is 0.264 e. The number of nitrogens with one attached hydrogen (secondary N) is 1. The lowest BCUT2D eigenvalue weighted by Crippen LogP contribution is -2.39. The van der Waals surface area contributed by atoms with Crippen molar-refractivity contribution in [1.82, 2.24) is 5.43 Å². The molecule has 0 aromatic heterocycles. The average Bonchev–Trinajstić information content (AvgIpc) is 2.96. The van der Waals surface area contributed by atoms with Gasteiger partial charge < -0.3 is 9.47 Å². The minimum absolute atomic E-state index is 0.0800. The predicted molar refractivity (Wildman–Crippen MR) is 167 cm³/mol. The predicted octanol–water partition coefficient (Wildman–Crippen LogP) is 5.99. The van der Waals surface area contributed by atoms with E-state index in [9.17, 15) is 13.2 Å². The Balaban J connectivity index is 1.48. The molecule has 0 saturated carbocycles. The van der Waals surface area contributed by atoms with E-state index in [2.05, 4.69) is 49.0 Å². The Morgan fingerprint density at radius 3 is 2.30 bits per heavy atom. The molecule has 0 aliphatic carbocycles. The molecule has 8 nitrogen and oxygen atoms in total. The first kappa shape index (κ1) is 29.6. The van der Waals surface area contributed by atoms with Crippen molar-refractivity contribution in [3.05, 3.63) is 116 Å². The summed E-state index contributed by atoms with van der Waals surface area (Å²) in [6.07, 6.45) is 1.44. The Bertz CT molecular complexity index is 1590. The molecule has 0 bridgehead atoms. The lowest BCUT2D eigenvalue weighted by Gasteiger charge is -2.23. The molecule has 0 fully saturated rings. The maximum atomic E-state index is 13.4. The van der Waals surface area contributed by atoms with Crippen LogP contribution in [0.4, 0.5) is 5.69 Å². The van der Waals surface area contributed by atoms with Crippen LogP contribution in [0.5, 0.6) is 11.5 Å². The number of rotatable bonds is 11. The first-order chi connectivity index (χ1) is 19.3. The van der Waals surface area contributed by atoms with Gasteiger partial charge >= 0.3 is 0 Å². The summed E-state index contributed by atoms with van der Waals surface area (Å²) in [6.45, 7) is -0.101. The van der Waals surface area contributed by atoms with Crippen molar-refractivity contribution in [3.63, 3.8) is 0 Å². The van der Waals surface area contributed by atoms with Gasteiger partial charge in [-0.15, -0.1) is 0 Å². The summed E-state index contributed by atoms with van der Waals surface area (Å²) in [6, 6.07) is 28.1. The van der Waals surface area contributed by atoms with Gasteiger partial charge in [0.05, 0.1) is 28.4 Å². The summed E-state index contributed by atoms with van der Waals surface area (Å²) in [5.74, 6) is 0.409. The standard InChI is InChI=1S/C29H25BrIN3O5S/c1-38-27-17-22(16-26(30)29(27)39-20-21-8-4-2-5-9-21)18-32-33-28(35)19-34(24-14-12-23(31)13-15-24)40(36,37)25-10-6-3-7-11-25/h2-18H,19-20H2,1H3,(H,33,35)/b32-18-. The number of nitrogens with zero attached hydrogens (tertiary/aromatic N) is 2. The van der Waals surface area contributed by atoms with E-state index in [4.69, 9.17) is 9.47 Å². The molecule has 4 rings (SSSR count). The van der Waals surface area contributed by atoms with Crippen LogP contribution in [0.25, 0.3) is 0 Å². The molecular formula is C29H25BrIN3O5S. The fraction of sp³-hybridized carbons (Fsp3) is 0.103. The molecule has 0 aliphatic rings. The largest absolute Gasteiger partial charge is 0.493 e. The molecule has 0 aliphatic heterocycles. The van der Waals surface area contributed by atoms with E-state index in [-0.39, 0.29) is 4.90 Å². The third-order valence-electron chi connectivity index (χ3n) is 5.61. The van der Waals surface area contributed by atoms with Gasteiger partial charge in [0.15, 0.2) is 11.5 Å². The molecule has 0 unspecified atom stereocenters. The fourth-order valence-electron chi connectivity index (χ4n) is 3.67. The summed E-state index contributed by atoms with van der Waals surface area (Å²) < 4.78 is 40.9. The summed E-state index contributed by atoms with van der Waals surface area (Å²) in [7, 11) is -2.47. The lowest BCUT2D eigenvalue weighted by molar-refractivity contribution is -0.119. The van der Waals surface area contributed by atoms with Gasteiger partial charge in [-0.1, -0.05) is 48.5 Å². The summed E-state index contributed by atoms with van der Waals surface area (Å²) in [5, 5.41) is 4.03. The number of amides is 1. The Kier molecular flexibility index (Phi) is 10.2. The van der Waals surface area contributed by atoms with Crippen molar-refractivity contribution in [3.8, 4) is 11.5 Å². The SMILES string of the molecule is COc1cc(/C=N\NC(=O)CN(c2ccc(I)cc2)S(=O)(=O)c2ccccc2)cc(Br)c1OCc1ccccc1. The Labute approximate surface area is 255 Å². The monoisotopic (exact) mass is 733 g/mol. The molecule has 1 amide bonds. The van der Waals surface area contributed by atoms with Gasteiger partial charge in [0, 0.05) is 3.57 Å². The van der Waals surface area contributed by atoms with Crippen LogP contribution in [0.2, 0.25) is 0 Å². The molecule has 206 valence electrons. The van der Waals surface area contributed by atoms with Gasteiger partial charge in [-0.05, 0) is 98.2 Å². The maximum Gasteiger partial charge on any atom is 0.264 e. The zero-order valence-electron chi connectivity index (χ0n) is 21.3. The molecule has 40 heavy (non-hydrogen) atoms. The van der Waals surface area contributed by atoms with Gasteiger partial charge in [0.2, 0.25) is 0 Å². The topological polar surface area (TPSA) is 97.3 Å². The van der Waals surface area contributed by atoms with Crippen molar-refractivity contribution < 1.29 is 22.7 Å². The van der Waals surface area contributed by atoms with Gasteiger partial charge in [0.25, 0.3) is 15.9 Å². The van der Waals surface area contributed by atoms with Gasteiger partial charge in [0.1, 0.15) is 13.2 Å². The molecule has 0 radical (unpaired) electrons. The zero-order chi connectivity index (χ0) is 28.5. The number of carbonyl (C=O) groups excluding carboxylic acids is 1. The summed E-state index contributed by atoms with van der Waals surface area (Å²) >= 11 is 5.64. The molecule has 4 aromatic rings. The first-order valence-electron chi connectivity index (χ1n) is 12.0. The number of hydrazone groups is 1. The number of carbonyl (C=O) groups is 1. The maximum absolute atomic E-state index is 13.4. The van der Waals surface area contributed by atoms with Crippen molar-refractivity contribution in [2.24, 2.45) is 5.10 Å². The number of sulfonamides is 1. The molecule has 11 heteroatoms. The highest BCUT2D eigenvalue weighted by atomic mass is 127.